The minimum absolute atomic E-state index is 0.184. The maximum Gasteiger partial charge on any atom is 0.408 e. The number of nitrogens with one attached hydrogen (secondary N) is 1. The van der Waals surface area contributed by atoms with Crippen LogP contribution in [0, 0.1) is 6.92 Å². The first-order valence-electron chi connectivity index (χ1n) is 9.64. The van der Waals surface area contributed by atoms with Crippen molar-refractivity contribution in [3.05, 3.63) is 65.9 Å². The van der Waals surface area contributed by atoms with Crippen LogP contribution in [-0.4, -0.2) is 53.8 Å². The molecule has 1 atom stereocenters. The van der Waals surface area contributed by atoms with E-state index in [9.17, 15) is 18.3 Å². The normalized spacial score (nSPS) is 19.9. The molecule has 0 bridgehead atoms. The van der Waals surface area contributed by atoms with Crippen LogP contribution in [0.5, 0.6) is 0 Å². The van der Waals surface area contributed by atoms with Crippen LogP contribution in [0.3, 0.4) is 0 Å². The zero-order valence-electron chi connectivity index (χ0n) is 16.6. The highest BCUT2D eigenvalue weighted by Gasteiger charge is 2.39. The van der Waals surface area contributed by atoms with Gasteiger partial charge in [-0.05, 0) is 30.7 Å². The summed E-state index contributed by atoms with van der Waals surface area (Å²) in [5.74, 6) is 0. The SMILES string of the molecule is Cc1ccc(S(=O)(=O)n2cc(CC3(N)CNCCN3C(=O)O)c3ccccc32)cc1. The summed E-state index contributed by atoms with van der Waals surface area (Å²) >= 11 is 0. The molecule has 1 aliphatic rings. The number of fused-ring (bicyclic) bond motifs is 1. The molecule has 1 unspecified atom stereocenters. The Morgan fingerprint density at radius 1 is 1.20 bits per heavy atom. The molecular formula is C21H24N4O4S. The van der Waals surface area contributed by atoms with Crippen molar-refractivity contribution in [3.8, 4) is 0 Å². The molecule has 1 aliphatic heterocycles. The minimum atomic E-state index is -3.82. The molecule has 0 radical (unpaired) electrons. The first-order valence-corrected chi connectivity index (χ1v) is 11.1. The number of carbonyl (C=O) groups is 1. The number of benzene rings is 2. The Labute approximate surface area is 175 Å². The van der Waals surface area contributed by atoms with Gasteiger partial charge in [-0.3, -0.25) is 4.90 Å². The Bertz CT molecular complexity index is 1200. The number of aromatic nitrogens is 1. The molecule has 4 rings (SSSR count). The lowest BCUT2D eigenvalue weighted by molar-refractivity contribution is 0.0600. The topological polar surface area (TPSA) is 118 Å². The van der Waals surface area contributed by atoms with Crippen LogP contribution in [-0.2, 0) is 16.4 Å². The molecule has 0 aliphatic carbocycles. The van der Waals surface area contributed by atoms with E-state index in [1.165, 1.54) is 8.87 Å². The largest absolute Gasteiger partial charge is 0.465 e. The average molecular weight is 429 g/mol. The van der Waals surface area contributed by atoms with E-state index in [1.807, 2.05) is 19.1 Å². The third-order valence-corrected chi connectivity index (χ3v) is 7.23. The van der Waals surface area contributed by atoms with Gasteiger partial charge in [0.15, 0.2) is 0 Å². The first kappa shape index (κ1) is 20.4. The molecule has 1 aromatic heterocycles. The third kappa shape index (κ3) is 3.45. The Morgan fingerprint density at radius 2 is 1.90 bits per heavy atom. The summed E-state index contributed by atoms with van der Waals surface area (Å²) in [5, 5.41) is 13.5. The van der Waals surface area contributed by atoms with Crippen LogP contribution < -0.4 is 11.1 Å². The third-order valence-electron chi connectivity index (χ3n) is 5.55. The monoisotopic (exact) mass is 428 g/mol. The molecule has 4 N–H and O–H groups in total. The minimum Gasteiger partial charge on any atom is -0.465 e. The molecule has 2 heterocycles. The zero-order valence-corrected chi connectivity index (χ0v) is 17.4. The van der Waals surface area contributed by atoms with Crippen LogP contribution >= 0.6 is 0 Å². The number of piperazine rings is 1. The van der Waals surface area contributed by atoms with E-state index in [1.54, 1.807) is 42.6 Å². The summed E-state index contributed by atoms with van der Waals surface area (Å²) in [5.41, 5.74) is 7.50. The lowest BCUT2D eigenvalue weighted by atomic mass is 9.96. The maximum atomic E-state index is 13.3. The standard InChI is InChI=1S/C21H24N4O4S/c1-15-6-8-17(9-7-15)30(28,29)25-13-16(18-4-2-3-5-19(18)25)12-21(22)14-23-10-11-24(21)20(26)27/h2-9,13,23H,10-12,14,22H2,1H3,(H,26,27). The van der Waals surface area contributed by atoms with Gasteiger partial charge in [0.25, 0.3) is 10.0 Å². The van der Waals surface area contributed by atoms with Crippen molar-refractivity contribution in [1.29, 1.82) is 0 Å². The summed E-state index contributed by atoms with van der Waals surface area (Å²) in [6.45, 7) is 2.97. The van der Waals surface area contributed by atoms with E-state index >= 15 is 0 Å². The van der Waals surface area contributed by atoms with Crippen molar-refractivity contribution in [3.63, 3.8) is 0 Å². The second-order valence-electron chi connectivity index (χ2n) is 7.68. The van der Waals surface area contributed by atoms with Gasteiger partial charge in [-0.15, -0.1) is 0 Å². The fourth-order valence-electron chi connectivity index (χ4n) is 3.97. The summed E-state index contributed by atoms with van der Waals surface area (Å²) in [6.07, 6.45) is 0.654. The fraction of sp³-hybridized carbons (Fsp3) is 0.286. The van der Waals surface area contributed by atoms with Crippen LogP contribution in [0.25, 0.3) is 10.9 Å². The van der Waals surface area contributed by atoms with Crippen molar-refractivity contribution >= 4 is 27.0 Å². The lowest BCUT2D eigenvalue weighted by Crippen LogP contribution is -2.69. The highest BCUT2D eigenvalue weighted by atomic mass is 32.2. The average Bonchev–Trinajstić information content (AvgIpc) is 3.07. The quantitative estimate of drug-likeness (QED) is 0.585. The molecule has 30 heavy (non-hydrogen) atoms. The molecule has 0 saturated carbocycles. The van der Waals surface area contributed by atoms with Gasteiger partial charge in [-0.2, -0.15) is 0 Å². The van der Waals surface area contributed by atoms with Crippen LogP contribution in [0.15, 0.2) is 59.6 Å². The van der Waals surface area contributed by atoms with Gasteiger partial charge in [-0.1, -0.05) is 35.9 Å². The van der Waals surface area contributed by atoms with Crippen molar-refractivity contribution in [2.24, 2.45) is 5.73 Å². The van der Waals surface area contributed by atoms with Gasteiger partial charge in [0.05, 0.1) is 10.4 Å². The Balaban J connectivity index is 1.82. The molecule has 8 nitrogen and oxygen atoms in total. The smallest absolute Gasteiger partial charge is 0.408 e. The summed E-state index contributed by atoms with van der Waals surface area (Å²) in [7, 11) is -3.82. The number of aryl methyl sites for hydroxylation is 1. The molecule has 1 saturated heterocycles. The van der Waals surface area contributed by atoms with E-state index < -0.39 is 21.8 Å². The number of rotatable bonds is 4. The molecular weight excluding hydrogens is 404 g/mol. The number of nitrogens with zero attached hydrogens (tertiary/aromatic N) is 2. The number of nitrogens with two attached hydrogens (primary N) is 1. The predicted molar refractivity (Wildman–Crippen MR) is 114 cm³/mol. The number of carboxylic acid groups (broad SMARTS) is 1. The first-order chi connectivity index (χ1) is 14.2. The van der Waals surface area contributed by atoms with Crippen molar-refractivity contribution in [2.45, 2.75) is 23.9 Å². The summed E-state index contributed by atoms with van der Waals surface area (Å²) in [4.78, 5) is 13.1. The number of hydrogen-bond acceptors (Lipinski definition) is 5. The molecule has 0 spiro atoms. The highest BCUT2D eigenvalue weighted by Crippen LogP contribution is 2.29. The van der Waals surface area contributed by atoms with Crippen molar-refractivity contribution in [2.75, 3.05) is 19.6 Å². The van der Waals surface area contributed by atoms with E-state index in [4.69, 9.17) is 5.73 Å². The van der Waals surface area contributed by atoms with Gasteiger partial charge < -0.3 is 16.2 Å². The number of hydrogen-bond donors (Lipinski definition) is 3. The van der Waals surface area contributed by atoms with Gasteiger partial charge in [-0.25, -0.2) is 17.2 Å². The van der Waals surface area contributed by atoms with E-state index in [2.05, 4.69) is 5.32 Å². The molecule has 1 fully saturated rings. The summed E-state index contributed by atoms with van der Waals surface area (Å²) < 4.78 is 27.9. The van der Waals surface area contributed by atoms with Crippen LogP contribution in [0.4, 0.5) is 4.79 Å². The number of amides is 1. The fourth-order valence-corrected chi connectivity index (χ4v) is 5.36. The Morgan fingerprint density at radius 3 is 2.60 bits per heavy atom. The second-order valence-corrected chi connectivity index (χ2v) is 9.49. The van der Waals surface area contributed by atoms with Crippen LogP contribution in [0.2, 0.25) is 0 Å². The van der Waals surface area contributed by atoms with Gasteiger partial charge in [0.1, 0.15) is 5.66 Å². The lowest BCUT2D eigenvalue weighted by Gasteiger charge is -2.43. The zero-order chi connectivity index (χ0) is 21.5. The van der Waals surface area contributed by atoms with E-state index in [0.29, 0.717) is 17.6 Å². The van der Waals surface area contributed by atoms with Crippen molar-refractivity contribution in [1.82, 2.24) is 14.2 Å². The van der Waals surface area contributed by atoms with Crippen LogP contribution in [0.1, 0.15) is 11.1 Å². The van der Waals surface area contributed by atoms with Gasteiger partial charge in [0, 0.05) is 37.6 Å². The Hall–Kier alpha value is -2.88. The maximum absolute atomic E-state index is 13.3. The molecule has 2 aromatic carbocycles. The number of para-hydroxylation sites is 1. The molecule has 3 aromatic rings. The molecule has 158 valence electrons. The Kier molecular flexibility index (Phi) is 5.05. The van der Waals surface area contributed by atoms with E-state index in [-0.39, 0.29) is 24.4 Å². The predicted octanol–water partition coefficient (Wildman–Crippen LogP) is 1.97. The second kappa shape index (κ2) is 7.42. The van der Waals surface area contributed by atoms with E-state index in [0.717, 1.165) is 10.9 Å². The molecule has 9 heteroatoms. The molecule has 1 amide bonds. The highest BCUT2D eigenvalue weighted by molar-refractivity contribution is 7.90. The van der Waals surface area contributed by atoms with Crippen molar-refractivity contribution < 1.29 is 18.3 Å². The van der Waals surface area contributed by atoms with Gasteiger partial charge >= 0.3 is 6.09 Å². The summed E-state index contributed by atoms with van der Waals surface area (Å²) in [6, 6.07) is 13.8. The van der Waals surface area contributed by atoms with Gasteiger partial charge in [0.2, 0.25) is 0 Å².